The van der Waals surface area contributed by atoms with Gasteiger partial charge in [0.25, 0.3) is 0 Å². The number of halogens is 1. The first-order chi connectivity index (χ1) is 6.67. The molecule has 1 rings (SSSR count). The minimum atomic E-state index is -0.392. The maximum Gasteiger partial charge on any atom is 0.148 e. The maximum absolute atomic E-state index is 13.3. The molecule has 0 saturated heterocycles. The van der Waals surface area contributed by atoms with Crippen molar-refractivity contribution >= 4 is 11.4 Å². The summed E-state index contributed by atoms with van der Waals surface area (Å²) in [5, 5.41) is 11.8. The van der Waals surface area contributed by atoms with Gasteiger partial charge in [-0.15, -0.1) is 0 Å². The second-order valence-corrected chi connectivity index (χ2v) is 3.17. The summed E-state index contributed by atoms with van der Waals surface area (Å²) in [5.41, 5.74) is 6.17. The maximum atomic E-state index is 13.3. The highest BCUT2D eigenvalue weighted by atomic mass is 19.1. The number of hydrogen-bond acceptors (Lipinski definition) is 3. The van der Waals surface area contributed by atoms with Crippen molar-refractivity contribution in [2.75, 3.05) is 17.7 Å². The third kappa shape index (κ3) is 2.60. The molecule has 0 aliphatic carbocycles. The zero-order valence-corrected chi connectivity index (χ0v) is 8.13. The first-order valence-corrected chi connectivity index (χ1v) is 4.59. The van der Waals surface area contributed by atoms with E-state index in [0.717, 1.165) is 6.42 Å². The van der Waals surface area contributed by atoms with Crippen molar-refractivity contribution in [1.29, 1.82) is 0 Å². The highest BCUT2D eigenvalue weighted by Crippen LogP contribution is 2.18. The number of aliphatic hydroxyl groups is 1. The normalized spacial score (nSPS) is 12.5. The average Bonchev–Trinajstić information content (AvgIpc) is 2.17. The van der Waals surface area contributed by atoms with Crippen molar-refractivity contribution in [3.63, 3.8) is 0 Å². The number of nitrogens with two attached hydrogens (primary N) is 1. The van der Waals surface area contributed by atoms with Gasteiger partial charge in [0.1, 0.15) is 5.82 Å². The molecule has 1 aromatic carbocycles. The summed E-state index contributed by atoms with van der Waals surface area (Å²) in [4.78, 5) is 0. The highest BCUT2D eigenvalue weighted by molar-refractivity contribution is 5.53. The summed E-state index contributed by atoms with van der Waals surface area (Å²) < 4.78 is 13.3. The van der Waals surface area contributed by atoms with Gasteiger partial charge in [-0.25, -0.2) is 4.39 Å². The van der Waals surface area contributed by atoms with Crippen LogP contribution in [-0.4, -0.2) is 17.8 Å². The molecule has 0 fully saturated rings. The predicted octanol–water partition coefficient (Wildman–Crippen LogP) is 1.59. The smallest absolute Gasteiger partial charge is 0.148 e. The lowest BCUT2D eigenvalue weighted by atomic mass is 10.2. The summed E-state index contributed by atoms with van der Waals surface area (Å²) in [7, 11) is 0. The fraction of sp³-hybridized carbons (Fsp3) is 0.400. The zero-order chi connectivity index (χ0) is 10.6. The SMILES string of the molecule is CCC(CO)Nc1ccc(N)cc1F. The van der Waals surface area contributed by atoms with Crippen LogP contribution in [0.5, 0.6) is 0 Å². The van der Waals surface area contributed by atoms with Gasteiger partial charge in [0.05, 0.1) is 12.3 Å². The second-order valence-electron chi connectivity index (χ2n) is 3.17. The van der Waals surface area contributed by atoms with E-state index < -0.39 is 5.82 Å². The minimum Gasteiger partial charge on any atom is -0.399 e. The van der Waals surface area contributed by atoms with Gasteiger partial charge in [-0.1, -0.05) is 6.92 Å². The quantitative estimate of drug-likeness (QED) is 0.644. The number of aliphatic hydroxyl groups excluding tert-OH is 1. The Morgan fingerprint density at radius 2 is 2.29 bits per heavy atom. The number of nitrogens with one attached hydrogen (secondary N) is 1. The van der Waals surface area contributed by atoms with Crippen molar-refractivity contribution < 1.29 is 9.50 Å². The molecule has 0 aromatic heterocycles. The summed E-state index contributed by atoms with van der Waals surface area (Å²) >= 11 is 0. The fourth-order valence-electron chi connectivity index (χ4n) is 1.15. The van der Waals surface area contributed by atoms with E-state index in [1.54, 1.807) is 12.1 Å². The van der Waals surface area contributed by atoms with Gasteiger partial charge in [0.15, 0.2) is 0 Å². The van der Waals surface area contributed by atoms with Crippen LogP contribution in [0.1, 0.15) is 13.3 Å². The molecule has 0 amide bonds. The molecule has 4 N–H and O–H groups in total. The standard InChI is InChI=1S/C10H15FN2O/c1-2-8(6-14)13-10-4-3-7(12)5-9(10)11/h3-5,8,13-14H,2,6,12H2,1H3. The van der Waals surface area contributed by atoms with Crippen LogP contribution in [-0.2, 0) is 0 Å². The van der Waals surface area contributed by atoms with Crippen molar-refractivity contribution in [3.05, 3.63) is 24.0 Å². The van der Waals surface area contributed by atoms with Gasteiger partial charge in [0, 0.05) is 11.7 Å². The second kappa shape index (κ2) is 4.81. The molecule has 1 unspecified atom stereocenters. The van der Waals surface area contributed by atoms with E-state index in [1.807, 2.05) is 6.92 Å². The summed E-state index contributed by atoms with van der Waals surface area (Å²) in [5.74, 6) is -0.392. The molecule has 0 radical (unpaired) electrons. The molecule has 1 atom stereocenters. The molecule has 14 heavy (non-hydrogen) atoms. The first-order valence-electron chi connectivity index (χ1n) is 4.59. The summed E-state index contributed by atoms with van der Waals surface area (Å²) in [6, 6.07) is 4.33. The lowest BCUT2D eigenvalue weighted by molar-refractivity contribution is 0.271. The monoisotopic (exact) mass is 198 g/mol. The fourth-order valence-corrected chi connectivity index (χ4v) is 1.15. The highest BCUT2D eigenvalue weighted by Gasteiger charge is 2.07. The first kappa shape index (κ1) is 10.8. The van der Waals surface area contributed by atoms with Gasteiger partial charge >= 0.3 is 0 Å². The minimum absolute atomic E-state index is 0.0136. The van der Waals surface area contributed by atoms with E-state index in [-0.39, 0.29) is 12.6 Å². The molecule has 0 spiro atoms. The van der Waals surface area contributed by atoms with Crippen LogP contribution in [0, 0.1) is 5.82 Å². The number of anilines is 2. The molecule has 0 saturated carbocycles. The van der Waals surface area contributed by atoms with Crippen molar-refractivity contribution in [3.8, 4) is 0 Å². The number of benzene rings is 1. The molecule has 0 heterocycles. The molecule has 3 nitrogen and oxygen atoms in total. The van der Waals surface area contributed by atoms with E-state index in [4.69, 9.17) is 10.8 Å². The molecule has 4 heteroatoms. The molecular weight excluding hydrogens is 183 g/mol. The molecule has 1 aromatic rings. The number of hydrogen-bond donors (Lipinski definition) is 3. The van der Waals surface area contributed by atoms with Gasteiger partial charge in [0.2, 0.25) is 0 Å². The van der Waals surface area contributed by atoms with Crippen LogP contribution in [0.2, 0.25) is 0 Å². The lowest BCUT2D eigenvalue weighted by Crippen LogP contribution is -2.23. The van der Waals surface area contributed by atoms with Crippen LogP contribution >= 0.6 is 0 Å². The lowest BCUT2D eigenvalue weighted by Gasteiger charge is -2.16. The van der Waals surface area contributed by atoms with E-state index in [0.29, 0.717) is 11.4 Å². The number of nitrogen functional groups attached to an aromatic ring is 1. The van der Waals surface area contributed by atoms with Gasteiger partial charge in [-0.05, 0) is 24.6 Å². The Kier molecular flexibility index (Phi) is 3.71. The van der Waals surface area contributed by atoms with Gasteiger partial charge in [-0.3, -0.25) is 0 Å². The Morgan fingerprint density at radius 3 is 2.79 bits per heavy atom. The summed E-state index contributed by atoms with van der Waals surface area (Å²) in [6.45, 7) is 1.91. The van der Waals surface area contributed by atoms with Crippen molar-refractivity contribution in [1.82, 2.24) is 0 Å². The Balaban J connectivity index is 2.76. The molecule has 0 aliphatic rings. The molecule has 0 bridgehead atoms. The Bertz CT molecular complexity index is 300. The molecule has 0 aliphatic heterocycles. The third-order valence-corrected chi connectivity index (χ3v) is 2.07. The van der Waals surface area contributed by atoms with Gasteiger partial charge in [-0.2, -0.15) is 0 Å². The topological polar surface area (TPSA) is 58.3 Å². The van der Waals surface area contributed by atoms with E-state index >= 15 is 0 Å². The Hall–Kier alpha value is -1.29. The summed E-state index contributed by atoms with van der Waals surface area (Å²) in [6.07, 6.45) is 0.736. The van der Waals surface area contributed by atoms with E-state index in [1.165, 1.54) is 6.07 Å². The van der Waals surface area contributed by atoms with Gasteiger partial charge < -0.3 is 16.2 Å². The van der Waals surface area contributed by atoms with Crippen LogP contribution < -0.4 is 11.1 Å². The van der Waals surface area contributed by atoms with E-state index in [2.05, 4.69) is 5.32 Å². The van der Waals surface area contributed by atoms with E-state index in [9.17, 15) is 4.39 Å². The number of rotatable bonds is 4. The Morgan fingerprint density at radius 1 is 1.57 bits per heavy atom. The molecular formula is C10H15FN2O. The van der Waals surface area contributed by atoms with Crippen LogP contribution in [0.4, 0.5) is 15.8 Å². The van der Waals surface area contributed by atoms with Crippen LogP contribution in [0.3, 0.4) is 0 Å². The third-order valence-electron chi connectivity index (χ3n) is 2.07. The van der Waals surface area contributed by atoms with Crippen LogP contribution in [0.25, 0.3) is 0 Å². The predicted molar refractivity (Wildman–Crippen MR) is 55.6 cm³/mol. The molecule has 78 valence electrons. The van der Waals surface area contributed by atoms with Crippen molar-refractivity contribution in [2.24, 2.45) is 0 Å². The van der Waals surface area contributed by atoms with Crippen LogP contribution in [0.15, 0.2) is 18.2 Å². The zero-order valence-electron chi connectivity index (χ0n) is 8.13. The average molecular weight is 198 g/mol. The largest absolute Gasteiger partial charge is 0.399 e. The van der Waals surface area contributed by atoms with Crippen molar-refractivity contribution in [2.45, 2.75) is 19.4 Å². The Labute approximate surface area is 82.7 Å².